The molecule has 0 atom stereocenters. The van der Waals surface area contributed by atoms with Crippen LogP contribution < -0.4 is 15.8 Å². The molecule has 0 fully saturated rings. The van der Waals surface area contributed by atoms with Crippen LogP contribution in [0.1, 0.15) is 5.69 Å². The van der Waals surface area contributed by atoms with E-state index in [4.69, 9.17) is 10.5 Å². The Morgan fingerprint density at radius 1 is 0.864 bits per heavy atom. The molecule has 0 unspecified atom stereocenters. The lowest BCUT2D eigenvalue weighted by molar-refractivity contribution is 0.483. The van der Waals surface area contributed by atoms with Crippen molar-refractivity contribution >= 4 is 17.2 Å². The van der Waals surface area contributed by atoms with Gasteiger partial charge in [0.15, 0.2) is 0 Å². The maximum absolute atomic E-state index is 5.77. The highest BCUT2D eigenvalue weighted by atomic mass is 16.5. The molecule has 1 aromatic heterocycles. The molecule has 110 valence electrons. The van der Waals surface area contributed by atoms with Gasteiger partial charge in [-0.05, 0) is 55.5 Å². The molecule has 0 spiro atoms. The van der Waals surface area contributed by atoms with Crippen LogP contribution in [0.25, 0.3) is 0 Å². The molecule has 22 heavy (non-hydrogen) atoms. The van der Waals surface area contributed by atoms with Crippen molar-refractivity contribution in [3.8, 4) is 11.5 Å². The van der Waals surface area contributed by atoms with Crippen LogP contribution in [-0.2, 0) is 0 Å². The standard InChI is InChI=1S/C18H17N3O/c1-13-17(19)11-12-18(20-13)21-14-7-9-16(10-8-14)22-15-5-3-2-4-6-15/h2-12H,19H2,1H3,(H,20,21). The molecule has 0 radical (unpaired) electrons. The zero-order valence-electron chi connectivity index (χ0n) is 12.3. The smallest absolute Gasteiger partial charge is 0.130 e. The number of para-hydroxylation sites is 1. The Morgan fingerprint density at radius 3 is 2.23 bits per heavy atom. The van der Waals surface area contributed by atoms with Gasteiger partial charge in [0.25, 0.3) is 0 Å². The van der Waals surface area contributed by atoms with Crippen LogP contribution in [0.15, 0.2) is 66.7 Å². The second-order valence-corrected chi connectivity index (χ2v) is 4.94. The number of rotatable bonds is 4. The number of nitrogens with two attached hydrogens (primary N) is 1. The maximum atomic E-state index is 5.77. The highest BCUT2D eigenvalue weighted by Gasteiger charge is 2.01. The first-order chi connectivity index (χ1) is 10.7. The van der Waals surface area contributed by atoms with Gasteiger partial charge >= 0.3 is 0 Å². The summed E-state index contributed by atoms with van der Waals surface area (Å²) in [7, 11) is 0. The molecule has 0 aliphatic carbocycles. The van der Waals surface area contributed by atoms with Gasteiger partial charge in [0, 0.05) is 5.69 Å². The number of anilines is 3. The van der Waals surface area contributed by atoms with Crippen LogP contribution in [0.5, 0.6) is 11.5 Å². The quantitative estimate of drug-likeness (QED) is 0.742. The van der Waals surface area contributed by atoms with Gasteiger partial charge in [0.2, 0.25) is 0 Å². The van der Waals surface area contributed by atoms with Crippen molar-refractivity contribution in [2.45, 2.75) is 6.92 Å². The van der Waals surface area contributed by atoms with Crippen molar-refractivity contribution in [3.05, 3.63) is 72.4 Å². The minimum absolute atomic E-state index is 0.692. The molecular formula is C18H17N3O. The molecule has 4 heteroatoms. The lowest BCUT2D eigenvalue weighted by atomic mass is 10.3. The van der Waals surface area contributed by atoms with Crippen molar-refractivity contribution in [1.82, 2.24) is 4.98 Å². The lowest BCUT2D eigenvalue weighted by Crippen LogP contribution is -1.98. The summed E-state index contributed by atoms with van der Waals surface area (Å²) in [5.41, 5.74) is 8.22. The molecule has 0 aliphatic rings. The SMILES string of the molecule is Cc1nc(Nc2ccc(Oc3ccccc3)cc2)ccc1N. The summed E-state index contributed by atoms with van der Waals surface area (Å²) in [4.78, 5) is 4.39. The number of hydrogen-bond acceptors (Lipinski definition) is 4. The zero-order chi connectivity index (χ0) is 15.4. The molecule has 1 heterocycles. The number of nitrogens with zero attached hydrogens (tertiary/aromatic N) is 1. The fraction of sp³-hybridized carbons (Fsp3) is 0.0556. The highest BCUT2D eigenvalue weighted by molar-refractivity contribution is 5.59. The molecule has 3 rings (SSSR count). The lowest BCUT2D eigenvalue weighted by Gasteiger charge is -2.09. The van der Waals surface area contributed by atoms with Crippen LogP contribution >= 0.6 is 0 Å². The van der Waals surface area contributed by atoms with E-state index in [-0.39, 0.29) is 0 Å². The number of aromatic nitrogens is 1. The number of nitrogens with one attached hydrogen (secondary N) is 1. The molecule has 0 bridgehead atoms. The van der Waals surface area contributed by atoms with Crippen LogP contribution in [-0.4, -0.2) is 4.98 Å². The van der Waals surface area contributed by atoms with E-state index >= 15 is 0 Å². The van der Waals surface area contributed by atoms with Crippen LogP contribution in [0.4, 0.5) is 17.2 Å². The van der Waals surface area contributed by atoms with Gasteiger partial charge in [-0.1, -0.05) is 18.2 Å². The minimum atomic E-state index is 0.692. The van der Waals surface area contributed by atoms with Crippen molar-refractivity contribution in [2.24, 2.45) is 0 Å². The average molecular weight is 291 g/mol. The number of pyridine rings is 1. The molecule has 0 saturated carbocycles. The van der Waals surface area contributed by atoms with Crippen LogP contribution in [0, 0.1) is 6.92 Å². The molecule has 3 N–H and O–H groups in total. The molecule has 0 aliphatic heterocycles. The fourth-order valence-corrected chi connectivity index (χ4v) is 2.02. The third kappa shape index (κ3) is 3.35. The van der Waals surface area contributed by atoms with Gasteiger partial charge < -0.3 is 15.8 Å². The zero-order valence-corrected chi connectivity index (χ0v) is 12.3. The summed E-state index contributed by atoms with van der Waals surface area (Å²) < 4.78 is 5.76. The van der Waals surface area contributed by atoms with Gasteiger partial charge in [-0.15, -0.1) is 0 Å². The summed E-state index contributed by atoms with van der Waals surface area (Å²) in [6, 6.07) is 21.1. The fourth-order valence-electron chi connectivity index (χ4n) is 2.02. The summed E-state index contributed by atoms with van der Waals surface area (Å²) in [5.74, 6) is 2.38. The Hall–Kier alpha value is -3.01. The first kappa shape index (κ1) is 13.9. The van der Waals surface area contributed by atoms with Gasteiger partial charge in [-0.2, -0.15) is 0 Å². The predicted molar refractivity (Wildman–Crippen MR) is 89.6 cm³/mol. The second kappa shape index (κ2) is 6.18. The second-order valence-electron chi connectivity index (χ2n) is 4.94. The Balaban J connectivity index is 1.70. The number of nitrogen functional groups attached to an aromatic ring is 1. The van der Waals surface area contributed by atoms with Crippen LogP contribution in [0.2, 0.25) is 0 Å². The van der Waals surface area contributed by atoms with Crippen molar-refractivity contribution in [2.75, 3.05) is 11.1 Å². The first-order valence-corrected chi connectivity index (χ1v) is 7.04. The Kier molecular flexibility index (Phi) is 3.92. The van der Waals surface area contributed by atoms with Crippen molar-refractivity contribution in [3.63, 3.8) is 0 Å². The van der Waals surface area contributed by atoms with Crippen LogP contribution in [0.3, 0.4) is 0 Å². The summed E-state index contributed by atoms with van der Waals surface area (Å²) >= 11 is 0. The molecule has 0 saturated heterocycles. The monoisotopic (exact) mass is 291 g/mol. The molecule has 2 aromatic carbocycles. The van der Waals surface area contributed by atoms with E-state index in [9.17, 15) is 0 Å². The topological polar surface area (TPSA) is 60.2 Å². The van der Waals surface area contributed by atoms with E-state index < -0.39 is 0 Å². The minimum Gasteiger partial charge on any atom is -0.457 e. The van der Waals surface area contributed by atoms with E-state index in [2.05, 4.69) is 10.3 Å². The average Bonchev–Trinajstić information content (AvgIpc) is 2.54. The third-order valence-electron chi connectivity index (χ3n) is 3.23. The van der Waals surface area contributed by atoms with Gasteiger partial charge in [0.05, 0.1) is 11.4 Å². The first-order valence-electron chi connectivity index (χ1n) is 7.04. The maximum Gasteiger partial charge on any atom is 0.130 e. The molecule has 3 aromatic rings. The van der Waals surface area contributed by atoms with E-state index in [1.165, 1.54) is 0 Å². The Morgan fingerprint density at radius 2 is 1.55 bits per heavy atom. The van der Waals surface area contributed by atoms with Gasteiger partial charge in [0.1, 0.15) is 17.3 Å². The molecule has 0 amide bonds. The molecule has 4 nitrogen and oxygen atoms in total. The van der Waals surface area contributed by atoms with E-state index in [0.717, 1.165) is 28.7 Å². The third-order valence-corrected chi connectivity index (χ3v) is 3.23. The number of benzene rings is 2. The number of aryl methyl sites for hydroxylation is 1. The number of ether oxygens (including phenoxy) is 1. The summed E-state index contributed by atoms with van der Waals surface area (Å²) in [5, 5.41) is 3.24. The summed E-state index contributed by atoms with van der Waals surface area (Å²) in [6.45, 7) is 1.89. The number of hydrogen-bond donors (Lipinski definition) is 2. The van der Waals surface area contributed by atoms with Gasteiger partial charge in [-0.3, -0.25) is 0 Å². The van der Waals surface area contributed by atoms with Crippen molar-refractivity contribution in [1.29, 1.82) is 0 Å². The predicted octanol–water partition coefficient (Wildman–Crippen LogP) is 4.51. The summed E-state index contributed by atoms with van der Waals surface area (Å²) in [6.07, 6.45) is 0. The Bertz CT molecular complexity index is 755. The van der Waals surface area contributed by atoms with Gasteiger partial charge in [-0.25, -0.2) is 4.98 Å². The largest absolute Gasteiger partial charge is 0.457 e. The van der Waals surface area contributed by atoms with E-state index in [1.807, 2.05) is 73.7 Å². The molecular weight excluding hydrogens is 274 g/mol. The van der Waals surface area contributed by atoms with E-state index in [0.29, 0.717) is 5.69 Å². The van der Waals surface area contributed by atoms with E-state index in [1.54, 1.807) is 0 Å². The highest BCUT2D eigenvalue weighted by Crippen LogP contribution is 2.24. The Labute approximate surface area is 129 Å². The van der Waals surface area contributed by atoms with Crippen molar-refractivity contribution < 1.29 is 4.74 Å². The normalized spacial score (nSPS) is 10.2.